The number of aliphatic hydroxyl groups excluding tert-OH is 1. The molecule has 0 bridgehead atoms. The quantitative estimate of drug-likeness (QED) is 0.907. The third kappa shape index (κ3) is 2.16. The van der Waals surface area contributed by atoms with Crippen molar-refractivity contribution in [3.8, 4) is 5.82 Å². The van der Waals surface area contributed by atoms with Gasteiger partial charge in [-0.2, -0.15) is 0 Å². The van der Waals surface area contributed by atoms with Crippen LogP contribution in [0.25, 0.3) is 5.82 Å². The SMILES string of the molecule is CCCCN1c2cc(C)cnc2-n2c(nnc2C2(C3CC3)CC2)C1O. The lowest BCUT2D eigenvalue weighted by molar-refractivity contribution is 0.154. The molecule has 132 valence electrons. The maximum absolute atomic E-state index is 11.0. The van der Waals surface area contributed by atoms with E-state index in [0.29, 0.717) is 5.82 Å². The number of anilines is 1. The summed E-state index contributed by atoms with van der Waals surface area (Å²) < 4.78 is 2.06. The first-order chi connectivity index (χ1) is 12.2. The Bertz CT molecular complexity index is 821. The summed E-state index contributed by atoms with van der Waals surface area (Å²) in [5.74, 6) is 3.28. The fraction of sp³-hybridized carbons (Fsp3) is 0.632. The van der Waals surface area contributed by atoms with Gasteiger partial charge in [-0.3, -0.25) is 4.57 Å². The van der Waals surface area contributed by atoms with Gasteiger partial charge in [0, 0.05) is 18.2 Å². The van der Waals surface area contributed by atoms with Crippen molar-refractivity contribution in [2.45, 2.75) is 64.0 Å². The monoisotopic (exact) mass is 339 g/mol. The molecule has 6 heteroatoms. The van der Waals surface area contributed by atoms with Gasteiger partial charge in [0.1, 0.15) is 5.82 Å². The summed E-state index contributed by atoms with van der Waals surface area (Å²) in [6.07, 6.45) is 8.22. The number of fused-ring (bicyclic) bond motifs is 3. The Morgan fingerprint density at radius 3 is 2.76 bits per heavy atom. The van der Waals surface area contributed by atoms with E-state index < -0.39 is 6.23 Å². The van der Waals surface area contributed by atoms with Crippen LogP contribution in [0, 0.1) is 12.8 Å². The van der Waals surface area contributed by atoms with E-state index in [4.69, 9.17) is 4.98 Å². The summed E-state index contributed by atoms with van der Waals surface area (Å²) in [6, 6.07) is 2.13. The third-order valence-electron chi connectivity index (χ3n) is 6.06. The molecule has 0 amide bonds. The van der Waals surface area contributed by atoms with Gasteiger partial charge in [0.2, 0.25) is 0 Å². The summed E-state index contributed by atoms with van der Waals surface area (Å²) in [6.45, 7) is 5.01. The van der Waals surface area contributed by atoms with Crippen molar-refractivity contribution >= 4 is 5.69 Å². The van der Waals surface area contributed by atoms with Crippen LogP contribution in [0.2, 0.25) is 0 Å². The minimum atomic E-state index is -0.751. The van der Waals surface area contributed by atoms with E-state index in [1.165, 1.54) is 25.7 Å². The van der Waals surface area contributed by atoms with E-state index in [1.54, 1.807) is 0 Å². The zero-order valence-corrected chi connectivity index (χ0v) is 14.9. The van der Waals surface area contributed by atoms with E-state index in [0.717, 1.165) is 48.2 Å². The number of pyridine rings is 1. The lowest BCUT2D eigenvalue weighted by Crippen LogP contribution is -2.37. The Labute approximate surface area is 147 Å². The molecule has 0 saturated heterocycles. The molecule has 5 rings (SSSR count). The van der Waals surface area contributed by atoms with Crippen molar-refractivity contribution in [1.29, 1.82) is 0 Å². The second-order valence-electron chi connectivity index (χ2n) is 7.92. The lowest BCUT2D eigenvalue weighted by Gasteiger charge is -2.35. The molecule has 2 aromatic rings. The Balaban J connectivity index is 1.66. The highest BCUT2D eigenvalue weighted by Gasteiger charge is 2.59. The lowest BCUT2D eigenvalue weighted by atomic mass is 9.99. The number of rotatable bonds is 5. The van der Waals surface area contributed by atoms with Gasteiger partial charge in [0.15, 0.2) is 17.9 Å². The van der Waals surface area contributed by atoms with Gasteiger partial charge in [-0.25, -0.2) is 4.98 Å². The number of unbranched alkanes of at least 4 members (excludes halogenated alkanes) is 1. The van der Waals surface area contributed by atoms with Crippen LogP contribution in [0.4, 0.5) is 5.69 Å². The van der Waals surface area contributed by atoms with Crippen molar-refractivity contribution in [2.75, 3.05) is 11.4 Å². The smallest absolute Gasteiger partial charge is 0.189 e. The maximum Gasteiger partial charge on any atom is 0.189 e. The fourth-order valence-electron chi connectivity index (χ4n) is 4.35. The molecule has 0 spiro atoms. The van der Waals surface area contributed by atoms with Gasteiger partial charge < -0.3 is 10.0 Å². The van der Waals surface area contributed by atoms with Crippen molar-refractivity contribution in [3.63, 3.8) is 0 Å². The van der Waals surface area contributed by atoms with E-state index in [9.17, 15) is 5.11 Å². The number of hydrogen-bond acceptors (Lipinski definition) is 5. The highest BCUT2D eigenvalue weighted by Crippen LogP contribution is 2.62. The summed E-state index contributed by atoms with van der Waals surface area (Å²) in [4.78, 5) is 6.77. The molecule has 2 fully saturated rings. The molecule has 1 N–H and O–H groups in total. The van der Waals surface area contributed by atoms with Gasteiger partial charge >= 0.3 is 0 Å². The van der Waals surface area contributed by atoms with Gasteiger partial charge in [-0.1, -0.05) is 13.3 Å². The van der Waals surface area contributed by atoms with Crippen molar-refractivity contribution in [2.24, 2.45) is 5.92 Å². The molecule has 6 nitrogen and oxygen atoms in total. The highest BCUT2D eigenvalue weighted by molar-refractivity contribution is 5.64. The molecular weight excluding hydrogens is 314 g/mol. The van der Waals surface area contributed by atoms with Crippen LogP contribution in [-0.2, 0) is 5.41 Å². The van der Waals surface area contributed by atoms with Crippen molar-refractivity contribution < 1.29 is 5.11 Å². The number of aromatic nitrogens is 4. The van der Waals surface area contributed by atoms with Gasteiger partial charge in [-0.15, -0.1) is 10.2 Å². The van der Waals surface area contributed by atoms with Crippen molar-refractivity contribution in [3.05, 3.63) is 29.5 Å². The predicted octanol–water partition coefficient (Wildman–Crippen LogP) is 3.02. The summed E-state index contributed by atoms with van der Waals surface area (Å²) in [5, 5.41) is 20.0. The number of aliphatic hydroxyl groups is 1. The van der Waals surface area contributed by atoms with E-state index in [1.807, 2.05) is 18.0 Å². The molecule has 2 saturated carbocycles. The molecule has 0 radical (unpaired) electrons. The zero-order valence-electron chi connectivity index (χ0n) is 14.9. The molecule has 2 aliphatic carbocycles. The van der Waals surface area contributed by atoms with Gasteiger partial charge in [0.05, 0.1) is 5.69 Å². The molecule has 1 aliphatic heterocycles. The summed E-state index contributed by atoms with van der Waals surface area (Å²) >= 11 is 0. The fourth-order valence-corrected chi connectivity index (χ4v) is 4.35. The van der Waals surface area contributed by atoms with Crippen LogP contribution in [0.15, 0.2) is 12.3 Å². The molecule has 3 aliphatic rings. The Kier molecular flexibility index (Phi) is 3.23. The standard InChI is InChI=1S/C19H25N5O/c1-3-4-9-23-14-10-12(2)11-20-15(14)24-16(17(23)25)21-22-18(24)19(7-8-19)13-5-6-13/h10-11,13,17,25H,3-9H2,1-2H3. The van der Waals surface area contributed by atoms with Crippen LogP contribution < -0.4 is 4.90 Å². The Morgan fingerprint density at radius 2 is 2.08 bits per heavy atom. The number of hydrogen-bond donors (Lipinski definition) is 1. The number of nitrogens with zero attached hydrogens (tertiary/aromatic N) is 5. The topological polar surface area (TPSA) is 67.1 Å². The first-order valence-electron chi connectivity index (χ1n) is 9.53. The predicted molar refractivity (Wildman–Crippen MR) is 94.7 cm³/mol. The normalized spacial score (nSPS) is 23.3. The molecule has 25 heavy (non-hydrogen) atoms. The van der Waals surface area contributed by atoms with E-state index in [2.05, 4.69) is 27.8 Å². The minimum absolute atomic E-state index is 0.181. The molecule has 1 unspecified atom stereocenters. The van der Waals surface area contributed by atoms with Crippen LogP contribution >= 0.6 is 0 Å². The average Bonchev–Trinajstić information content (AvgIpc) is 3.51. The van der Waals surface area contributed by atoms with E-state index >= 15 is 0 Å². The minimum Gasteiger partial charge on any atom is -0.367 e. The first-order valence-corrected chi connectivity index (χ1v) is 9.53. The second-order valence-corrected chi connectivity index (χ2v) is 7.92. The van der Waals surface area contributed by atoms with Crippen LogP contribution in [-0.4, -0.2) is 31.4 Å². The summed E-state index contributed by atoms with van der Waals surface area (Å²) in [7, 11) is 0. The molecule has 3 heterocycles. The largest absolute Gasteiger partial charge is 0.367 e. The molecule has 2 aromatic heterocycles. The van der Waals surface area contributed by atoms with Crippen LogP contribution in [0.1, 0.15) is 68.9 Å². The Morgan fingerprint density at radius 1 is 1.28 bits per heavy atom. The van der Waals surface area contributed by atoms with Crippen molar-refractivity contribution in [1.82, 2.24) is 19.7 Å². The zero-order chi connectivity index (χ0) is 17.2. The molecule has 0 aromatic carbocycles. The number of aryl methyl sites for hydroxylation is 1. The highest BCUT2D eigenvalue weighted by atomic mass is 16.3. The molecular formula is C19H25N5O. The van der Waals surface area contributed by atoms with Gasteiger partial charge in [0.25, 0.3) is 0 Å². The van der Waals surface area contributed by atoms with Crippen LogP contribution in [0.5, 0.6) is 0 Å². The summed E-state index contributed by atoms with van der Waals surface area (Å²) in [5.41, 5.74) is 2.29. The third-order valence-corrected chi connectivity index (χ3v) is 6.06. The van der Waals surface area contributed by atoms with E-state index in [-0.39, 0.29) is 5.41 Å². The second kappa shape index (κ2) is 5.27. The molecule has 1 atom stereocenters. The van der Waals surface area contributed by atoms with Crippen LogP contribution in [0.3, 0.4) is 0 Å². The first kappa shape index (κ1) is 15.3. The van der Waals surface area contributed by atoms with Gasteiger partial charge in [-0.05, 0) is 56.6 Å². The Hall–Kier alpha value is -1.95. The maximum atomic E-state index is 11.0. The average molecular weight is 339 g/mol.